The summed E-state index contributed by atoms with van der Waals surface area (Å²) in [4.78, 5) is 25.9. The summed E-state index contributed by atoms with van der Waals surface area (Å²) >= 11 is 1.33. The minimum atomic E-state index is -4.82. The van der Waals surface area contributed by atoms with Gasteiger partial charge in [-0.1, -0.05) is 6.42 Å². The van der Waals surface area contributed by atoms with Crippen LogP contribution < -0.4 is 10.9 Å². The van der Waals surface area contributed by atoms with Gasteiger partial charge in [0.1, 0.15) is 23.2 Å². The Labute approximate surface area is 174 Å². The van der Waals surface area contributed by atoms with Crippen molar-refractivity contribution in [3.63, 3.8) is 0 Å². The van der Waals surface area contributed by atoms with Crippen LogP contribution in [0.2, 0.25) is 0 Å². The maximum Gasteiger partial charge on any atom is 0.421 e. The van der Waals surface area contributed by atoms with Gasteiger partial charge in [-0.05, 0) is 50.2 Å². The second-order valence-electron chi connectivity index (χ2n) is 7.65. The van der Waals surface area contributed by atoms with Crippen LogP contribution in [0.4, 0.5) is 18.2 Å². The third kappa shape index (κ3) is 4.12. The van der Waals surface area contributed by atoms with Gasteiger partial charge < -0.3 is 5.32 Å². The molecule has 2 aromatic heterocycles. The maximum atomic E-state index is 13.3. The van der Waals surface area contributed by atoms with Gasteiger partial charge in [-0.25, -0.2) is 4.68 Å². The highest BCUT2D eigenvalue weighted by atomic mass is 32.1. The fourth-order valence-electron chi connectivity index (χ4n) is 3.70. The Kier molecular flexibility index (Phi) is 5.40. The largest absolute Gasteiger partial charge is 0.421 e. The van der Waals surface area contributed by atoms with Crippen molar-refractivity contribution in [2.45, 2.75) is 63.6 Å². The molecule has 1 saturated carbocycles. The number of hydrogen-bond acceptors (Lipinski definition) is 5. The number of aromatic nitrogens is 2. The van der Waals surface area contributed by atoms with Crippen LogP contribution >= 0.6 is 11.3 Å². The van der Waals surface area contributed by atoms with Crippen molar-refractivity contribution in [2.24, 2.45) is 0 Å². The van der Waals surface area contributed by atoms with E-state index in [-0.39, 0.29) is 11.6 Å². The van der Waals surface area contributed by atoms with Gasteiger partial charge in [0.05, 0.1) is 11.3 Å². The van der Waals surface area contributed by atoms with E-state index in [0.717, 1.165) is 48.6 Å². The van der Waals surface area contributed by atoms with E-state index in [9.17, 15) is 28.0 Å². The summed E-state index contributed by atoms with van der Waals surface area (Å²) in [6.45, 7) is -0.643. The number of carbonyl (C=O) groups is 1. The first-order valence-corrected chi connectivity index (χ1v) is 10.6. The molecule has 2 heterocycles. The highest BCUT2D eigenvalue weighted by Crippen LogP contribution is 2.40. The Balaban J connectivity index is 1.60. The van der Waals surface area contributed by atoms with Gasteiger partial charge >= 0.3 is 6.18 Å². The Morgan fingerprint density at radius 1 is 1.30 bits per heavy atom. The Hall–Kier alpha value is -2.67. The molecule has 0 unspecified atom stereocenters. The van der Waals surface area contributed by atoms with E-state index in [0.29, 0.717) is 28.1 Å². The average Bonchev–Trinajstić information content (AvgIpc) is 3.49. The molecule has 10 heteroatoms. The number of nitriles is 1. The normalized spacial score (nSPS) is 16.5. The van der Waals surface area contributed by atoms with Gasteiger partial charge in [0.25, 0.3) is 5.56 Å². The summed E-state index contributed by atoms with van der Waals surface area (Å²) in [5.74, 6) is -0.794. The number of carbonyl (C=O) groups excluding carboxylic acids is 1. The van der Waals surface area contributed by atoms with E-state index >= 15 is 0 Å². The summed E-state index contributed by atoms with van der Waals surface area (Å²) in [5, 5.41) is 16.5. The zero-order chi connectivity index (χ0) is 21.5. The van der Waals surface area contributed by atoms with Gasteiger partial charge in [-0.2, -0.15) is 23.5 Å². The number of hydrogen-bond donors (Lipinski definition) is 1. The quantitative estimate of drug-likeness (QED) is 0.735. The molecular formula is C20H19F3N4O2S. The highest BCUT2D eigenvalue weighted by molar-refractivity contribution is 7.16. The lowest BCUT2D eigenvalue weighted by Crippen LogP contribution is -2.35. The number of rotatable bonds is 4. The molecule has 4 rings (SSSR count). The molecule has 2 aromatic rings. The minimum Gasteiger partial charge on any atom is -0.315 e. The molecule has 158 valence electrons. The van der Waals surface area contributed by atoms with Gasteiger partial charge in [0.2, 0.25) is 5.91 Å². The van der Waals surface area contributed by atoms with Crippen molar-refractivity contribution in [1.29, 1.82) is 5.26 Å². The maximum absolute atomic E-state index is 13.3. The number of halogens is 3. The minimum absolute atomic E-state index is 0.112. The van der Waals surface area contributed by atoms with Crippen LogP contribution in [-0.4, -0.2) is 15.7 Å². The third-order valence-electron chi connectivity index (χ3n) is 5.37. The summed E-state index contributed by atoms with van der Waals surface area (Å²) in [7, 11) is 0. The van der Waals surface area contributed by atoms with E-state index in [1.54, 1.807) is 0 Å². The van der Waals surface area contributed by atoms with Crippen molar-refractivity contribution >= 4 is 22.2 Å². The Morgan fingerprint density at radius 2 is 2.03 bits per heavy atom. The van der Waals surface area contributed by atoms with Crippen LogP contribution in [-0.2, 0) is 30.4 Å². The summed E-state index contributed by atoms with van der Waals surface area (Å²) < 4.78 is 40.4. The van der Waals surface area contributed by atoms with Crippen LogP contribution in [0.3, 0.4) is 0 Å². The molecule has 2 aliphatic rings. The lowest BCUT2D eigenvalue weighted by atomic mass is 10.1. The lowest BCUT2D eigenvalue weighted by molar-refractivity contribution is -0.139. The fraction of sp³-hybridized carbons (Fsp3) is 0.500. The molecule has 0 radical (unpaired) electrons. The molecule has 2 aliphatic carbocycles. The van der Waals surface area contributed by atoms with E-state index in [1.165, 1.54) is 11.3 Å². The zero-order valence-electron chi connectivity index (χ0n) is 16.0. The van der Waals surface area contributed by atoms with Gasteiger partial charge in [-0.3, -0.25) is 9.59 Å². The molecule has 0 spiro atoms. The predicted octanol–water partition coefficient (Wildman–Crippen LogP) is 3.98. The standard InChI is InChI=1S/C20H19F3N4O2S/c21-20(22,23)14-8-15(11-6-7-11)26-27(19(14)29)10-17(28)25-18-13(9-24)12-4-2-1-3-5-16(12)30-18/h8,11H,1-7,10H2,(H,25,28). The second kappa shape index (κ2) is 7.87. The predicted molar refractivity (Wildman–Crippen MR) is 104 cm³/mol. The molecule has 1 N–H and O–H groups in total. The van der Waals surface area contributed by atoms with E-state index < -0.39 is 29.8 Å². The molecule has 1 fully saturated rings. The summed E-state index contributed by atoms with van der Waals surface area (Å²) in [6, 6.07) is 2.93. The van der Waals surface area contributed by atoms with E-state index in [4.69, 9.17) is 0 Å². The molecule has 6 nitrogen and oxygen atoms in total. The number of anilines is 1. The summed E-state index contributed by atoms with van der Waals surface area (Å²) in [5.41, 5.74) is -1.12. The number of nitrogens with zero attached hydrogens (tertiary/aromatic N) is 3. The number of thiophene rings is 1. The number of alkyl halides is 3. The van der Waals surface area contributed by atoms with Crippen LogP contribution in [0.1, 0.15) is 65.3 Å². The van der Waals surface area contributed by atoms with Gasteiger partial charge in [0.15, 0.2) is 0 Å². The van der Waals surface area contributed by atoms with Crippen LogP contribution in [0.15, 0.2) is 10.9 Å². The fourth-order valence-corrected chi connectivity index (χ4v) is 4.96. The Bertz CT molecular complexity index is 1090. The molecule has 0 aromatic carbocycles. The number of amides is 1. The van der Waals surface area contributed by atoms with Crippen LogP contribution in [0.25, 0.3) is 0 Å². The average molecular weight is 436 g/mol. The SMILES string of the molecule is N#Cc1c(NC(=O)Cn2nc(C3CC3)cc(C(F)(F)F)c2=O)sc2c1CCCCC2. The summed E-state index contributed by atoms with van der Waals surface area (Å²) in [6.07, 6.45) is 1.27. The van der Waals surface area contributed by atoms with Crippen molar-refractivity contribution in [3.8, 4) is 6.07 Å². The topological polar surface area (TPSA) is 87.8 Å². The van der Waals surface area contributed by atoms with Crippen molar-refractivity contribution in [3.05, 3.63) is 43.7 Å². The first kappa shape index (κ1) is 20.6. The molecule has 30 heavy (non-hydrogen) atoms. The van der Waals surface area contributed by atoms with E-state index in [2.05, 4.69) is 16.5 Å². The van der Waals surface area contributed by atoms with Crippen molar-refractivity contribution < 1.29 is 18.0 Å². The lowest BCUT2D eigenvalue weighted by Gasteiger charge is -2.12. The Morgan fingerprint density at radius 3 is 2.70 bits per heavy atom. The van der Waals surface area contributed by atoms with Crippen molar-refractivity contribution in [2.75, 3.05) is 5.32 Å². The zero-order valence-corrected chi connectivity index (χ0v) is 16.8. The smallest absolute Gasteiger partial charge is 0.315 e. The molecule has 0 saturated heterocycles. The highest BCUT2D eigenvalue weighted by Gasteiger charge is 2.37. The van der Waals surface area contributed by atoms with Crippen LogP contribution in [0, 0.1) is 11.3 Å². The van der Waals surface area contributed by atoms with Crippen molar-refractivity contribution in [1.82, 2.24) is 9.78 Å². The molecular weight excluding hydrogens is 417 g/mol. The molecule has 0 bridgehead atoms. The first-order chi connectivity index (χ1) is 14.3. The monoisotopic (exact) mass is 436 g/mol. The number of fused-ring (bicyclic) bond motifs is 1. The third-order valence-corrected chi connectivity index (χ3v) is 6.58. The molecule has 0 atom stereocenters. The molecule has 0 aliphatic heterocycles. The van der Waals surface area contributed by atoms with Gasteiger partial charge in [0, 0.05) is 10.8 Å². The first-order valence-electron chi connectivity index (χ1n) is 9.81. The second-order valence-corrected chi connectivity index (χ2v) is 8.75. The van der Waals surface area contributed by atoms with E-state index in [1.807, 2.05) is 0 Å². The number of nitrogens with one attached hydrogen (secondary N) is 1. The van der Waals surface area contributed by atoms with Gasteiger partial charge in [-0.15, -0.1) is 11.3 Å². The number of aryl methyl sites for hydroxylation is 1. The van der Waals surface area contributed by atoms with Crippen LogP contribution in [0.5, 0.6) is 0 Å². The molecule has 1 amide bonds.